The van der Waals surface area contributed by atoms with E-state index in [0.717, 1.165) is 29.6 Å². The predicted octanol–water partition coefficient (Wildman–Crippen LogP) is 1.72. The monoisotopic (exact) mass is 318 g/mol. The van der Waals surface area contributed by atoms with Crippen molar-refractivity contribution in [2.24, 2.45) is 4.99 Å². The summed E-state index contributed by atoms with van der Waals surface area (Å²) in [5.41, 5.74) is 0.901. The van der Waals surface area contributed by atoms with Crippen LogP contribution in [-0.4, -0.2) is 49.1 Å². The van der Waals surface area contributed by atoms with Crippen molar-refractivity contribution in [1.82, 2.24) is 4.90 Å². The highest BCUT2D eigenvalue weighted by atomic mass is 32.2. The van der Waals surface area contributed by atoms with Crippen molar-refractivity contribution < 1.29 is 19.0 Å². The molecule has 0 unspecified atom stereocenters. The summed E-state index contributed by atoms with van der Waals surface area (Å²) in [6.07, 6.45) is 1.84. The van der Waals surface area contributed by atoms with E-state index in [1.807, 2.05) is 24.3 Å². The molecule has 3 aliphatic rings. The molecule has 0 saturated carbocycles. The van der Waals surface area contributed by atoms with Gasteiger partial charge in [0.1, 0.15) is 0 Å². The Morgan fingerprint density at radius 2 is 2.00 bits per heavy atom. The van der Waals surface area contributed by atoms with Gasteiger partial charge >= 0.3 is 0 Å². The van der Waals surface area contributed by atoms with E-state index in [1.165, 1.54) is 11.8 Å². The first-order valence-electron chi connectivity index (χ1n) is 7.04. The number of benzene rings is 1. The maximum Gasteiger partial charge on any atom is 0.286 e. The lowest BCUT2D eigenvalue weighted by molar-refractivity contribution is -0.113. The molecular formula is C15H14N2O4S. The maximum atomic E-state index is 12.1. The lowest BCUT2D eigenvalue weighted by Gasteiger charge is -2.27. The summed E-state index contributed by atoms with van der Waals surface area (Å²) in [6.45, 7) is 3.14. The second-order valence-electron chi connectivity index (χ2n) is 5.02. The molecule has 0 aliphatic carbocycles. The molecule has 1 aromatic rings. The van der Waals surface area contributed by atoms with Crippen molar-refractivity contribution in [2.75, 3.05) is 33.1 Å². The fourth-order valence-electron chi connectivity index (χ4n) is 2.44. The number of morpholine rings is 1. The van der Waals surface area contributed by atoms with Gasteiger partial charge in [0.25, 0.3) is 5.91 Å². The van der Waals surface area contributed by atoms with E-state index in [4.69, 9.17) is 14.2 Å². The first kappa shape index (κ1) is 13.7. The average Bonchev–Trinajstić information content (AvgIpc) is 3.15. The molecule has 0 atom stereocenters. The minimum absolute atomic E-state index is 0.191. The third kappa shape index (κ3) is 2.57. The standard InChI is InChI=1S/C15H14N2O4S/c18-14-13(22-15(16-14)17-3-5-19-6-4-17)8-10-1-2-11-12(7-10)21-9-20-11/h1-2,7-8H,3-6,9H2/b13-8-. The van der Waals surface area contributed by atoms with Crippen molar-refractivity contribution in [3.05, 3.63) is 28.7 Å². The number of ether oxygens (including phenoxy) is 3. The molecule has 1 aromatic carbocycles. The van der Waals surface area contributed by atoms with Gasteiger partial charge in [-0.3, -0.25) is 4.79 Å². The van der Waals surface area contributed by atoms with Crippen LogP contribution >= 0.6 is 11.8 Å². The molecule has 6 nitrogen and oxygen atoms in total. The molecule has 0 bridgehead atoms. The number of fused-ring (bicyclic) bond motifs is 1. The van der Waals surface area contributed by atoms with Gasteiger partial charge in [0.05, 0.1) is 18.1 Å². The number of carbonyl (C=O) groups is 1. The van der Waals surface area contributed by atoms with Gasteiger partial charge in [0.15, 0.2) is 16.7 Å². The van der Waals surface area contributed by atoms with E-state index < -0.39 is 0 Å². The van der Waals surface area contributed by atoms with Crippen LogP contribution < -0.4 is 9.47 Å². The number of amidine groups is 1. The van der Waals surface area contributed by atoms with Gasteiger partial charge in [0.2, 0.25) is 6.79 Å². The lowest BCUT2D eigenvalue weighted by atomic mass is 10.2. The van der Waals surface area contributed by atoms with Crippen LogP contribution in [0.15, 0.2) is 28.1 Å². The van der Waals surface area contributed by atoms with Gasteiger partial charge in [-0.25, -0.2) is 0 Å². The second kappa shape index (κ2) is 5.66. The second-order valence-corrected chi connectivity index (χ2v) is 6.03. The van der Waals surface area contributed by atoms with Gasteiger partial charge in [-0.05, 0) is 35.5 Å². The normalized spacial score (nSPS) is 22.4. The highest BCUT2D eigenvalue weighted by Gasteiger charge is 2.27. The van der Waals surface area contributed by atoms with Crippen molar-refractivity contribution in [3.63, 3.8) is 0 Å². The van der Waals surface area contributed by atoms with Crippen LogP contribution in [0.25, 0.3) is 6.08 Å². The number of hydrogen-bond donors (Lipinski definition) is 0. The predicted molar refractivity (Wildman–Crippen MR) is 83.0 cm³/mol. The molecule has 114 valence electrons. The highest BCUT2D eigenvalue weighted by Crippen LogP contribution is 2.35. The molecule has 22 heavy (non-hydrogen) atoms. The van der Waals surface area contributed by atoms with Crippen molar-refractivity contribution in [1.29, 1.82) is 0 Å². The maximum absolute atomic E-state index is 12.1. The number of aliphatic imine (C=N–C) groups is 1. The Morgan fingerprint density at radius 1 is 1.18 bits per heavy atom. The molecule has 0 radical (unpaired) electrons. The van der Waals surface area contributed by atoms with Crippen LogP contribution in [0.3, 0.4) is 0 Å². The van der Waals surface area contributed by atoms with Gasteiger partial charge in [-0.1, -0.05) is 6.07 Å². The summed E-state index contributed by atoms with van der Waals surface area (Å²) in [6, 6.07) is 5.62. The largest absolute Gasteiger partial charge is 0.454 e. The molecule has 3 aliphatic heterocycles. The van der Waals surface area contributed by atoms with Crippen molar-refractivity contribution in [3.8, 4) is 11.5 Å². The fourth-order valence-corrected chi connectivity index (χ4v) is 3.41. The zero-order valence-electron chi connectivity index (χ0n) is 11.8. The number of carbonyl (C=O) groups excluding carboxylic acids is 1. The third-order valence-corrected chi connectivity index (χ3v) is 4.63. The van der Waals surface area contributed by atoms with E-state index in [-0.39, 0.29) is 12.7 Å². The number of rotatable bonds is 1. The average molecular weight is 318 g/mol. The van der Waals surface area contributed by atoms with E-state index >= 15 is 0 Å². The first-order chi connectivity index (χ1) is 10.8. The van der Waals surface area contributed by atoms with E-state index in [2.05, 4.69) is 9.89 Å². The molecule has 1 saturated heterocycles. The molecule has 3 heterocycles. The smallest absolute Gasteiger partial charge is 0.286 e. The molecule has 0 spiro atoms. The van der Waals surface area contributed by atoms with Gasteiger partial charge in [0, 0.05) is 13.1 Å². The number of amides is 1. The van der Waals surface area contributed by atoms with Gasteiger partial charge in [-0.15, -0.1) is 0 Å². The van der Waals surface area contributed by atoms with E-state index in [1.54, 1.807) is 0 Å². The first-order valence-corrected chi connectivity index (χ1v) is 7.86. The summed E-state index contributed by atoms with van der Waals surface area (Å²) in [5, 5.41) is 0.764. The molecule has 0 aromatic heterocycles. The van der Waals surface area contributed by atoms with Gasteiger partial charge in [-0.2, -0.15) is 4.99 Å². The van der Waals surface area contributed by atoms with Crippen LogP contribution in [0.1, 0.15) is 5.56 Å². The Kier molecular flexibility index (Phi) is 3.51. The number of hydrogen-bond acceptors (Lipinski definition) is 6. The number of nitrogens with zero attached hydrogens (tertiary/aromatic N) is 2. The fraction of sp³-hybridized carbons (Fsp3) is 0.333. The molecule has 7 heteroatoms. The molecular weight excluding hydrogens is 304 g/mol. The molecule has 1 amide bonds. The van der Waals surface area contributed by atoms with Crippen LogP contribution in [0.5, 0.6) is 11.5 Å². The van der Waals surface area contributed by atoms with Gasteiger partial charge < -0.3 is 19.1 Å². The Morgan fingerprint density at radius 3 is 2.86 bits per heavy atom. The van der Waals surface area contributed by atoms with Crippen molar-refractivity contribution >= 4 is 28.9 Å². The Balaban J connectivity index is 1.53. The summed E-state index contributed by atoms with van der Waals surface area (Å²) >= 11 is 1.41. The molecule has 0 N–H and O–H groups in total. The number of thioether (sulfide) groups is 1. The zero-order chi connectivity index (χ0) is 14.9. The van der Waals surface area contributed by atoms with Crippen LogP contribution in [0.2, 0.25) is 0 Å². The third-order valence-electron chi connectivity index (χ3n) is 3.59. The van der Waals surface area contributed by atoms with Crippen LogP contribution in [0.4, 0.5) is 0 Å². The quantitative estimate of drug-likeness (QED) is 0.735. The lowest BCUT2D eigenvalue weighted by Crippen LogP contribution is -2.38. The summed E-state index contributed by atoms with van der Waals surface area (Å²) in [4.78, 5) is 18.9. The molecule has 4 rings (SSSR count). The Hall–Kier alpha value is -1.99. The summed E-state index contributed by atoms with van der Waals surface area (Å²) < 4.78 is 16.0. The minimum Gasteiger partial charge on any atom is -0.454 e. The zero-order valence-corrected chi connectivity index (χ0v) is 12.6. The summed E-state index contributed by atoms with van der Waals surface area (Å²) in [5.74, 6) is 1.25. The Labute approximate surface area is 131 Å². The Bertz CT molecular complexity index is 680. The minimum atomic E-state index is -0.191. The van der Waals surface area contributed by atoms with Crippen molar-refractivity contribution in [2.45, 2.75) is 0 Å². The molecule has 1 fully saturated rings. The van der Waals surface area contributed by atoms with E-state index in [0.29, 0.717) is 23.9 Å². The summed E-state index contributed by atoms with van der Waals surface area (Å²) in [7, 11) is 0. The SMILES string of the molecule is O=C1N=C(N2CCOCC2)S/C1=C\c1ccc2c(c1)OCO2. The topological polar surface area (TPSA) is 60.4 Å². The van der Waals surface area contributed by atoms with E-state index in [9.17, 15) is 4.79 Å². The van der Waals surface area contributed by atoms with Crippen LogP contribution in [0, 0.1) is 0 Å². The van der Waals surface area contributed by atoms with Crippen LogP contribution in [-0.2, 0) is 9.53 Å². The highest BCUT2D eigenvalue weighted by molar-refractivity contribution is 8.18.